The maximum atomic E-state index is 12.9. The van der Waals surface area contributed by atoms with Crippen LogP contribution in [0.15, 0.2) is 30.6 Å². The number of morpholine rings is 1. The van der Waals surface area contributed by atoms with Gasteiger partial charge in [-0.2, -0.15) is 0 Å². The van der Waals surface area contributed by atoms with Crippen LogP contribution in [0.5, 0.6) is 0 Å². The fourth-order valence-corrected chi connectivity index (χ4v) is 2.73. The third-order valence-corrected chi connectivity index (χ3v) is 4.13. The number of ether oxygens (including phenoxy) is 2. The smallest absolute Gasteiger partial charge is 0.256 e. The second-order valence-electron chi connectivity index (χ2n) is 6.00. The molecule has 26 heavy (non-hydrogen) atoms. The normalized spacial score (nSPS) is 17.2. The third kappa shape index (κ3) is 4.33. The number of pyridine rings is 1. The van der Waals surface area contributed by atoms with Crippen molar-refractivity contribution in [1.29, 1.82) is 0 Å². The van der Waals surface area contributed by atoms with Crippen molar-refractivity contribution in [2.75, 3.05) is 45.3 Å². The number of nitrogens with one attached hydrogen (secondary N) is 1. The van der Waals surface area contributed by atoms with E-state index in [0.717, 1.165) is 5.69 Å². The van der Waals surface area contributed by atoms with E-state index < -0.39 is 0 Å². The molecule has 2 aromatic heterocycles. The van der Waals surface area contributed by atoms with E-state index in [4.69, 9.17) is 9.47 Å². The quantitative estimate of drug-likeness (QED) is 0.783. The summed E-state index contributed by atoms with van der Waals surface area (Å²) in [5.74, 6) is 1.16. The first-order chi connectivity index (χ1) is 12.7. The van der Waals surface area contributed by atoms with Gasteiger partial charge in [0.05, 0.1) is 25.4 Å². The summed E-state index contributed by atoms with van der Waals surface area (Å²) in [6.45, 7) is 4.46. The van der Waals surface area contributed by atoms with Gasteiger partial charge in [0.1, 0.15) is 11.9 Å². The van der Waals surface area contributed by atoms with Gasteiger partial charge >= 0.3 is 0 Å². The standard InChI is InChI=1S/C18H23N5O3/c1-13-3-4-14(11-21-13)18(24)23-8-10-26-12-15(23)17-20-6-5-16(22-17)19-7-9-25-2/h3-6,11,15H,7-10,12H2,1-2H3,(H,19,20,22). The van der Waals surface area contributed by atoms with Crippen LogP contribution in [0.25, 0.3) is 0 Å². The lowest BCUT2D eigenvalue weighted by molar-refractivity contribution is -0.00521. The van der Waals surface area contributed by atoms with Gasteiger partial charge in [0.2, 0.25) is 0 Å². The van der Waals surface area contributed by atoms with Crippen LogP contribution in [-0.2, 0) is 9.47 Å². The Bertz CT molecular complexity index is 738. The highest BCUT2D eigenvalue weighted by Crippen LogP contribution is 2.24. The number of carbonyl (C=O) groups is 1. The number of aromatic nitrogens is 3. The molecular formula is C18H23N5O3. The topological polar surface area (TPSA) is 89.5 Å². The summed E-state index contributed by atoms with van der Waals surface area (Å²) < 4.78 is 10.6. The summed E-state index contributed by atoms with van der Waals surface area (Å²) in [5, 5.41) is 3.18. The first kappa shape index (κ1) is 18.2. The van der Waals surface area contributed by atoms with E-state index in [2.05, 4.69) is 20.3 Å². The molecule has 1 unspecified atom stereocenters. The zero-order chi connectivity index (χ0) is 18.4. The van der Waals surface area contributed by atoms with Crippen molar-refractivity contribution in [1.82, 2.24) is 19.9 Å². The van der Waals surface area contributed by atoms with E-state index in [1.54, 1.807) is 36.5 Å². The highest BCUT2D eigenvalue weighted by Gasteiger charge is 2.31. The molecule has 1 saturated heterocycles. The molecule has 1 aliphatic rings. The van der Waals surface area contributed by atoms with Gasteiger partial charge in [0, 0.05) is 38.3 Å². The average molecular weight is 357 g/mol. The number of amides is 1. The van der Waals surface area contributed by atoms with Crippen LogP contribution in [-0.4, -0.2) is 65.8 Å². The SMILES string of the molecule is COCCNc1ccnc(C2COCCN2C(=O)c2ccc(C)nc2)n1. The molecule has 0 radical (unpaired) electrons. The van der Waals surface area contributed by atoms with Gasteiger partial charge in [-0.05, 0) is 25.1 Å². The molecule has 1 N–H and O–H groups in total. The maximum Gasteiger partial charge on any atom is 0.256 e. The first-order valence-electron chi connectivity index (χ1n) is 8.56. The van der Waals surface area contributed by atoms with Gasteiger partial charge in [0.25, 0.3) is 5.91 Å². The highest BCUT2D eigenvalue weighted by molar-refractivity contribution is 5.94. The van der Waals surface area contributed by atoms with Crippen molar-refractivity contribution < 1.29 is 14.3 Å². The van der Waals surface area contributed by atoms with Gasteiger partial charge in [-0.15, -0.1) is 0 Å². The summed E-state index contributed by atoms with van der Waals surface area (Å²) in [7, 11) is 1.65. The summed E-state index contributed by atoms with van der Waals surface area (Å²) in [4.78, 5) is 27.8. The Hall–Kier alpha value is -2.58. The monoisotopic (exact) mass is 357 g/mol. The summed E-state index contributed by atoms with van der Waals surface area (Å²) in [6, 6.07) is 5.08. The molecule has 8 heteroatoms. The molecule has 3 heterocycles. The molecule has 1 aliphatic heterocycles. The minimum atomic E-state index is -0.332. The van der Waals surface area contributed by atoms with Crippen molar-refractivity contribution in [3.63, 3.8) is 0 Å². The number of methoxy groups -OCH3 is 1. The van der Waals surface area contributed by atoms with Crippen LogP contribution in [0.4, 0.5) is 5.82 Å². The lowest BCUT2D eigenvalue weighted by Gasteiger charge is -2.34. The second-order valence-corrected chi connectivity index (χ2v) is 6.00. The van der Waals surface area contributed by atoms with Crippen LogP contribution < -0.4 is 5.32 Å². The third-order valence-electron chi connectivity index (χ3n) is 4.13. The van der Waals surface area contributed by atoms with Crippen LogP contribution in [0.1, 0.15) is 27.9 Å². The fourth-order valence-electron chi connectivity index (χ4n) is 2.73. The molecule has 0 bridgehead atoms. The number of aryl methyl sites for hydroxylation is 1. The van der Waals surface area contributed by atoms with Gasteiger partial charge in [-0.25, -0.2) is 9.97 Å². The van der Waals surface area contributed by atoms with Crippen molar-refractivity contribution in [3.8, 4) is 0 Å². The van der Waals surface area contributed by atoms with Crippen molar-refractivity contribution in [2.45, 2.75) is 13.0 Å². The molecule has 138 valence electrons. The Morgan fingerprint density at radius 3 is 3.04 bits per heavy atom. The zero-order valence-electron chi connectivity index (χ0n) is 15.0. The molecule has 3 rings (SSSR count). The molecule has 0 aromatic carbocycles. The lowest BCUT2D eigenvalue weighted by Crippen LogP contribution is -2.44. The number of anilines is 1. The Labute approximate surface area is 152 Å². The van der Waals surface area contributed by atoms with Gasteiger partial charge in [0.15, 0.2) is 5.82 Å². The van der Waals surface area contributed by atoms with Gasteiger partial charge in [-0.1, -0.05) is 0 Å². The van der Waals surface area contributed by atoms with Crippen LogP contribution in [0, 0.1) is 6.92 Å². The Balaban J connectivity index is 1.79. The van der Waals surface area contributed by atoms with E-state index in [1.807, 2.05) is 13.0 Å². The largest absolute Gasteiger partial charge is 0.383 e. The second kappa shape index (κ2) is 8.68. The van der Waals surface area contributed by atoms with Crippen molar-refractivity contribution in [3.05, 3.63) is 47.7 Å². The van der Waals surface area contributed by atoms with Crippen LogP contribution >= 0.6 is 0 Å². The molecule has 0 aliphatic carbocycles. The fraction of sp³-hybridized carbons (Fsp3) is 0.444. The maximum absolute atomic E-state index is 12.9. The van der Waals surface area contributed by atoms with Crippen LogP contribution in [0.3, 0.4) is 0 Å². The summed E-state index contributed by atoms with van der Waals surface area (Å²) in [5.41, 5.74) is 1.43. The molecule has 8 nitrogen and oxygen atoms in total. The van der Waals surface area contributed by atoms with E-state index in [0.29, 0.717) is 50.1 Å². The summed E-state index contributed by atoms with van der Waals surface area (Å²) >= 11 is 0. The van der Waals surface area contributed by atoms with E-state index in [-0.39, 0.29) is 11.9 Å². The Morgan fingerprint density at radius 1 is 1.38 bits per heavy atom. The molecule has 2 aromatic rings. The Kier molecular flexibility index (Phi) is 6.08. The predicted molar refractivity (Wildman–Crippen MR) is 96.0 cm³/mol. The molecule has 1 fully saturated rings. The molecule has 1 amide bonds. The van der Waals surface area contributed by atoms with E-state index in [1.165, 1.54) is 0 Å². The first-order valence-corrected chi connectivity index (χ1v) is 8.56. The van der Waals surface area contributed by atoms with Crippen molar-refractivity contribution in [2.24, 2.45) is 0 Å². The Morgan fingerprint density at radius 2 is 2.27 bits per heavy atom. The van der Waals surface area contributed by atoms with E-state index in [9.17, 15) is 4.79 Å². The van der Waals surface area contributed by atoms with Gasteiger partial charge < -0.3 is 19.7 Å². The van der Waals surface area contributed by atoms with Crippen LogP contribution in [0.2, 0.25) is 0 Å². The zero-order valence-corrected chi connectivity index (χ0v) is 15.0. The number of nitrogens with zero attached hydrogens (tertiary/aromatic N) is 4. The predicted octanol–water partition coefficient (Wildman–Crippen LogP) is 1.45. The molecular weight excluding hydrogens is 334 g/mol. The number of hydrogen-bond donors (Lipinski definition) is 1. The van der Waals surface area contributed by atoms with Crippen molar-refractivity contribution >= 4 is 11.7 Å². The number of carbonyl (C=O) groups excluding carboxylic acids is 1. The lowest BCUT2D eigenvalue weighted by atomic mass is 10.1. The highest BCUT2D eigenvalue weighted by atomic mass is 16.5. The minimum Gasteiger partial charge on any atom is -0.383 e. The number of rotatable bonds is 6. The molecule has 0 saturated carbocycles. The summed E-state index contributed by atoms with van der Waals surface area (Å²) in [6.07, 6.45) is 3.29. The number of hydrogen-bond acceptors (Lipinski definition) is 7. The van der Waals surface area contributed by atoms with Gasteiger partial charge in [-0.3, -0.25) is 9.78 Å². The molecule has 0 spiro atoms. The van der Waals surface area contributed by atoms with E-state index >= 15 is 0 Å². The minimum absolute atomic E-state index is 0.0906. The molecule has 1 atom stereocenters. The average Bonchev–Trinajstić information content (AvgIpc) is 2.68.